The number of aromatic nitrogens is 1. The maximum absolute atomic E-state index is 12.8. The highest BCUT2D eigenvalue weighted by Crippen LogP contribution is 2.29. The molecule has 7 heteroatoms. The van der Waals surface area contributed by atoms with E-state index in [9.17, 15) is 9.18 Å². The number of benzene rings is 1. The normalized spacial score (nSPS) is 10.8. The molecule has 3 aromatic rings. The number of thiophene rings is 1. The fourth-order valence-corrected chi connectivity index (χ4v) is 4.60. The van der Waals surface area contributed by atoms with Crippen molar-refractivity contribution >= 4 is 40.3 Å². The van der Waals surface area contributed by atoms with Crippen molar-refractivity contribution in [2.75, 3.05) is 5.75 Å². The number of carbonyl (C=O) groups excluding carboxylic acids is 1. The first-order chi connectivity index (χ1) is 12.1. The number of carbonyl (C=O) groups is 1. The number of thiazole rings is 1. The summed E-state index contributed by atoms with van der Waals surface area (Å²) < 4.78 is 12.8. The van der Waals surface area contributed by atoms with Crippen LogP contribution in [0, 0.1) is 12.7 Å². The molecule has 2 aromatic heterocycles. The van der Waals surface area contributed by atoms with E-state index in [4.69, 9.17) is 0 Å². The molecule has 0 atom stereocenters. The number of rotatable bonds is 7. The van der Waals surface area contributed by atoms with E-state index in [2.05, 4.69) is 15.7 Å². The number of aryl methyl sites for hydroxylation is 1. The Morgan fingerprint density at radius 1 is 1.24 bits per heavy atom. The second-order valence-electron chi connectivity index (χ2n) is 5.35. The second kappa shape index (κ2) is 8.60. The molecule has 3 nitrogen and oxygen atoms in total. The van der Waals surface area contributed by atoms with E-state index >= 15 is 0 Å². The molecule has 25 heavy (non-hydrogen) atoms. The van der Waals surface area contributed by atoms with E-state index < -0.39 is 0 Å². The Hall–Kier alpha value is -1.70. The third-order valence-corrected chi connectivity index (χ3v) is 6.30. The van der Waals surface area contributed by atoms with Crippen LogP contribution < -0.4 is 5.32 Å². The SMILES string of the molecule is Cc1nc(-c2ccc(CNC(=O)CCSc3ccc(F)cc3)s2)cs1. The van der Waals surface area contributed by atoms with Crippen LogP contribution >= 0.6 is 34.4 Å². The van der Waals surface area contributed by atoms with Crippen LogP contribution in [0.15, 0.2) is 46.7 Å². The predicted octanol–water partition coefficient (Wildman–Crippen LogP) is 5.12. The number of amides is 1. The highest BCUT2D eigenvalue weighted by atomic mass is 32.2. The van der Waals surface area contributed by atoms with Gasteiger partial charge in [-0.2, -0.15) is 0 Å². The molecule has 0 bridgehead atoms. The van der Waals surface area contributed by atoms with Crippen molar-refractivity contribution in [2.45, 2.75) is 24.8 Å². The van der Waals surface area contributed by atoms with Crippen molar-refractivity contribution in [3.05, 3.63) is 57.5 Å². The molecule has 0 aliphatic rings. The van der Waals surface area contributed by atoms with Crippen molar-refractivity contribution in [1.29, 1.82) is 0 Å². The van der Waals surface area contributed by atoms with E-state index in [1.54, 1.807) is 46.6 Å². The molecule has 130 valence electrons. The number of hydrogen-bond acceptors (Lipinski definition) is 5. The summed E-state index contributed by atoms with van der Waals surface area (Å²) in [5, 5.41) is 6.05. The van der Waals surface area contributed by atoms with Crippen molar-refractivity contribution in [3.8, 4) is 10.6 Å². The summed E-state index contributed by atoms with van der Waals surface area (Å²) in [6.07, 6.45) is 0.436. The average molecular weight is 393 g/mol. The lowest BCUT2D eigenvalue weighted by molar-refractivity contribution is -0.120. The van der Waals surface area contributed by atoms with E-state index in [0.717, 1.165) is 25.4 Å². The number of halogens is 1. The van der Waals surface area contributed by atoms with Crippen LogP contribution in [0.3, 0.4) is 0 Å². The van der Waals surface area contributed by atoms with Crippen LogP contribution in [0.4, 0.5) is 4.39 Å². The average Bonchev–Trinajstić information content (AvgIpc) is 3.23. The Kier molecular flexibility index (Phi) is 6.23. The lowest BCUT2D eigenvalue weighted by Gasteiger charge is -2.04. The molecule has 0 saturated carbocycles. The van der Waals surface area contributed by atoms with Crippen LogP contribution in [-0.2, 0) is 11.3 Å². The zero-order chi connectivity index (χ0) is 17.6. The maximum Gasteiger partial charge on any atom is 0.221 e. The topological polar surface area (TPSA) is 42.0 Å². The summed E-state index contributed by atoms with van der Waals surface area (Å²) in [6, 6.07) is 10.4. The van der Waals surface area contributed by atoms with Crippen LogP contribution in [-0.4, -0.2) is 16.6 Å². The maximum atomic E-state index is 12.8. The Balaban J connectivity index is 1.41. The summed E-state index contributed by atoms with van der Waals surface area (Å²) in [7, 11) is 0. The van der Waals surface area contributed by atoms with Gasteiger partial charge in [0, 0.05) is 27.3 Å². The molecule has 0 spiro atoms. The highest BCUT2D eigenvalue weighted by Gasteiger charge is 2.08. The first-order valence-electron chi connectivity index (χ1n) is 7.76. The smallest absolute Gasteiger partial charge is 0.221 e. The van der Waals surface area contributed by atoms with Crippen LogP contribution in [0.25, 0.3) is 10.6 Å². The molecular formula is C18H17FN2OS3. The monoisotopic (exact) mass is 392 g/mol. The van der Waals surface area contributed by atoms with Gasteiger partial charge in [-0.25, -0.2) is 9.37 Å². The van der Waals surface area contributed by atoms with Gasteiger partial charge in [0.25, 0.3) is 0 Å². The molecule has 0 saturated heterocycles. The van der Waals surface area contributed by atoms with Gasteiger partial charge >= 0.3 is 0 Å². The summed E-state index contributed by atoms with van der Waals surface area (Å²) in [4.78, 5) is 19.6. The fourth-order valence-electron chi connectivity index (χ4n) is 2.15. The van der Waals surface area contributed by atoms with Crippen molar-refractivity contribution in [3.63, 3.8) is 0 Å². The zero-order valence-electron chi connectivity index (χ0n) is 13.6. The Morgan fingerprint density at radius 2 is 2.04 bits per heavy atom. The summed E-state index contributed by atoms with van der Waals surface area (Å²) >= 11 is 4.84. The summed E-state index contributed by atoms with van der Waals surface area (Å²) in [6.45, 7) is 2.53. The van der Waals surface area contributed by atoms with E-state index in [0.29, 0.717) is 18.7 Å². The third-order valence-electron chi connectivity index (χ3n) is 3.40. The number of nitrogens with zero attached hydrogens (tertiary/aromatic N) is 1. The Bertz CT molecular complexity index is 842. The van der Waals surface area contributed by atoms with Gasteiger partial charge in [0.15, 0.2) is 0 Å². The molecule has 0 aliphatic carbocycles. The quantitative estimate of drug-likeness (QED) is 0.568. The number of thioether (sulfide) groups is 1. The van der Waals surface area contributed by atoms with Gasteiger partial charge in [-0.3, -0.25) is 4.79 Å². The highest BCUT2D eigenvalue weighted by molar-refractivity contribution is 7.99. The van der Waals surface area contributed by atoms with Crippen LogP contribution in [0.5, 0.6) is 0 Å². The van der Waals surface area contributed by atoms with Gasteiger partial charge in [0.1, 0.15) is 5.82 Å². The first-order valence-corrected chi connectivity index (χ1v) is 10.4. The molecular weight excluding hydrogens is 375 g/mol. The van der Waals surface area contributed by atoms with E-state index in [1.807, 2.05) is 19.1 Å². The van der Waals surface area contributed by atoms with E-state index in [1.165, 1.54) is 12.1 Å². The van der Waals surface area contributed by atoms with Gasteiger partial charge in [0.05, 0.1) is 22.1 Å². The molecule has 1 N–H and O–H groups in total. The number of hydrogen-bond donors (Lipinski definition) is 1. The molecule has 0 aliphatic heterocycles. The lowest BCUT2D eigenvalue weighted by atomic mass is 10.3. The zero-order valence-corrected chi connectivity index (χ0v) is 16.1. The largest absolute Gasteiger partial charge is 0.351 e. The fraction of sp³-hybridized carbons (Fsp3) is 0.222. The minimum Gasteiger partial charge on any atom is -0.351 e. The van der Waals surface area contributed by atoms with Crippen LogP contribution in [0.2, 0.25) is 0 Å². The third kappa shape index (κ3) is 5.39. The summed E-state index contributed by atoms with van der Waals surface area (Å²) in [5.41, 5.74) is 1.00. The molecule has 1 amide bonds. The van der Waals surface area contributed by atoms with Gasteiger partial charge in [-0.1, -0.05) is 0 Å². The molecule has 0 unspecified atom stereocenters. The summed E-state index contributed by atoms with van der Waals surface area (Å²) in [5.74, 6) is 0.449. The molecule has 1 aromatic carbocycles. The van der Waals surface area contributed by atoms with Gasteiger partial charge in [0.2, 0.25) is 5.91 Å². The minimum atomic E-state index is -0.245. The lowest BCUT2D eigenvalue weighted by Crippen LogP contribution is -2.22. The molecule has 0 radical (unpaired) electrons. The minimum absolute atomic E-state index is 0.0223. The van der Waals surface area contributed by atoms with Crippen molar-refractivity contribution in [2.24, 2.45) is 0 Å². The predicted molar refractivity (Wildman–Crippen MR) is 104 cm³/mol. The first kappa shape index (κ1) is 18.1. The van der Waals surface area contributed by atoms with E-state index in [-0.39, 0.29) is 11.7 Å². The Morgan fingerprint density at radius 3 is 2.76 bits per heavy atom. The van der Waals surface area contributed by atoms with Crippen molar-refractivity contribution in [1.82, 2.24) is 10.3 Å². The second-order valence-corrected chi connectivity index (χ2v) is 8.75. The van der Waals surface area contributed by atoms with Crippen LogP contribution in [0.1, 0.15) is 16.3 Å². The van der Waals surface area contributed by atoms with Gasteiger partial charge in [-0.05, 0) is 43.3 Å². The molecule has 2 heterocycles. The molecule has 3 rings (SSSR count). The van der Waals surface area contributed by atoms with Gasteiger partial charge < -0.3 is 5.32 Å². The van der Waals surface area contributed by atoms with Crippen molar-refractivity contribution < 1.29 is 9.18 Å². The standard InChI is InChI=1S/C18H17FN2OS3/c1-12-21-16(11-24-12)17-7-6-15(25-17)10-20-18(22)8-9-23-14-4-2-13(19)3-5-14/h2-7,11H,8-10H2,1H3,(H,20,22). The Labute approximate surface area is 158 Å². The number of nitrogens with one attached hydrogen (secondary N) is 1. The van der Waals surface area contributed by atoms with Gasteiger partial charge in [-0.15, -0.1) is 34.4 Å². The molecule has 0 fully saturated rings.